The number of primary amides is 2. The molecule has 2 aliphatic rings. The summed E-state index contributed by atoms with van der Waals surface area (Å²) in [6.07, 6.45) is 7.28. The third-order valence-electron chi connectivity index (χ3n) is 8.00. The Balaban J connectivity index is 2.06. The van der Waals surface area contributed by atoms with Gasteiger partial charge in [-0.05, 0) is 43.4 Å². The fraction of sp³-hybridized carbons (Fsp3) is 0.586. The first kappa shape index (κ1) is 30.1. The molecule has 1 radical (unpaired) electrons. The first-order valence-electron chi connectivity index (χ1n) is 14.0. The molecule has 39 heavy (non-hydrogen) atoms. The van der Waals surface area contributed by atoms with E-state index in [4.69, 9.17) is 11.5 Å². The van der Waals surface area contributed by atoms with E-state index in [1.165, 1.54) is 9.80 Å². The number of amides is 5. The third-order valence-corrected chi connectivity index (χ3v) is 8.00. The van der Waals surface area contributed by atoms with Gasteiger partial charge in [-0.25, -0.2) is 0 Å². The van der Waals surface area contributed by atoms with E-state index in [0.717, 1.165) is 38.5 Å². The lowest BCUT2D eigenvalue weighted by Crippen LogP contribution is -2.73. The standard InChI is InChI=1S/C29H42N5O5/c1-4-6-8-16-32(17-9-7-5-2)26(37)24(20(3)21-11-13-22(14-12-21)25(30)36)33-19-23(35)34-18-10-15-29(34,27(31)38)28(33)39/h10-14,20,24H,4-9,15-19H2,1-3H3,(H2,30,36)(H2,31,38). The van der Waals surface area contributed by atoms with Crippen LogP contribution in [0, 0.1) is 6.42 Å². The number of piperazine rings is 1. The molecule has 0 bridgehead atoms. The van der Waals surface area contributed by atoms with Gasteiger partial charge in [0.05, 0.1) is 0 Å². The Morgan fingerprint density at radius 1 is 0.974 bits per heavy atom. The van der Waals surface area contributed by atoms with Crippen LogP contribution in [0.2, 0.25) is 0 Å². The number of unbranched alkanes of at least 4 members (excludes halogenated alkanes) is 4. The van der Waals surface area contributed by atoms with Crippen molar-refractivity contribution in [1.29, 1.82) is 0 Å². The minimum atomic E-state index is -1.82. The zero-order valence-corrected chi connectivity index (χ0v) is 23.4. The van der Waals surface area contributed by atoms with Gasteiger partial charge >= 0.3 is 0 Å². The van der Waals surface area contributed by atoms with Gasteiger partial charge in [0.25, 0.3) is 11.8 Å². The summed E-state index contributed by atoms with van der Waals surface area (Å²) in [6, 6.07) is 5.54. The lowest BCUT2D eigenvalue weighted by molar-refractivity contribution is -0.171. The van der Waals surface area contributed by atoms with Crippen LogP contribution >= 0.6 is 0 Å². The van der Waals surface area contributed by atoms with Crippen molar-refractivity contribution in [2.24, 2.45) is 11.5 Å². The molecular formula is C29H42N5O5. The minimum absolute atomic E-state index is 0.0166. The summed E-state index contributed by atoms with van der Waals surface area (Å²) in [5.74, 6) is -3.31. The number of fused-ring (bicyclic) bond motifs is 1. The summed E-state index contributed by atoms with van der Waals surface area (Å²) < 4.78 is 0. The van der Waals surface area contributed by atoms with Crippen molar-refractivity contribution in [3.63, 3.8) is 0 Å². The zero-order valence-electron chi connectivity index (χ0n) is 23.4. The molecule has 2 heterocycles. The van der Waals surface area contributed by atoms with E-state index < -0.39 is 41.1 Å². The smallest absolute Gasteiger partial charge is 0.259 e. The fourth-order valence-corrected chi connectivity index (χ4v) is 5.67. The summed E-state index contributed by atoms with van der Waals surface area (Å²) in [7, 11) is 0. The largest absolute Gasteiger partial charge is 0.367 e. The number of carbonyl (C=O) groups is 5. The van der Waals surface area contributed by atoms with Gasteiger partial charge in [0.2, 0.25) is 23.3 Å². The maximum absolute atomic E-state index is 14.3. The Hall–Kier alpha value is -3.43. The summed E-state index contributed by atoms with van der Waals surface area (Å²) >= 11 is 0. The maximum atomic E-state index is 14.3. The lowest BCUT2D eigenvalue weighted by atomic mass is 9.85. The average molecular weight is 541 g/mol. The molecule has 0 saturated carbocycles. The van der Waals surface area contributed by atoms with Crippen molar-refractivity contribution >= 4 is 29.5 Å². The first-order valence-corrected chi connectivity index (χ1v) is 14.0. The first-order chi connectivity index (χ1) is 18.6. The average Bonchev–Trinajstić information content (AvgIpc) is 3.38. The molecule has 1 aromatic carbocycles. The highest BCUT2D eigenvalue weighted by Gasteiger charge is 2.61. The molecule has 3 rings (SSSR count). The molecule has 0 aromatic heterocycles. The topological polar surface area (TPSA) is 147 Å². The number of benzene rings is 1. The maximum Gasteiger partial charge on any atom is 0.259 e. The summed E-state index contributed by atoms with van der Waals surface area (Å²) in [5, 5.41) is 0. The monoisotopic (exact) mass is 540 g/mol. The molecule has 3 unspecified atom stereocenters. The van der Waals surface area contributed by atoms with Crippen LogP contribution in [0.5, 0.6) is 0 Å². The van der Waals surface area contributed by atoms with Crippen molar-refractivity contribution in [2.45, 2.75) is 83.2 Å². The van der Waals surface area contributed by atoms with E-state index in [1.54, 1.807) is 35.6 Å². The van der Waals surface area contributed by atoms with E-state index in [2.05, 4.69) is 13.8 Å². The van der Waals surface area contributed by atoms with E-state index in [9.17, 15) is 24.0 Å². The second kappa shape index (κ2) is 13.1. The number of hydrogen-bond acceptors (Lipinski definition) is 5. The Morgan fingerprint density at radius 2 is 1.56 bits per heavy atom. The van der Waals surface area contributed by atoms with Crippen molar-refractivity contribution in [1.82, 2.24) is 14.7 Å². The van der Waals surface area contributed by atoms with Crippen LogP contribution in [-0.2, 0) is 19.2 Å². The van der Waals surface area contributed by atoms with Crippen LogP contribution in [0.25, 0.3) is 0 Å². The predicted molar refractivity (Wildman–Crippen MR) is 147 cm³/mol. The highest BCUT2D eigenvalue weighted by atomic mass is 16.2. The van der Waals surface area contributed by atoms with Crippen molar-refractivity contribution < 1.29 is 24.0 Å². The zero-order chi connectivity index (χ0) is 28.7. The summed E-state index contributed by atoms with van der Waals surface area (Å²) in [6.45, 7) is 6.92. The van der Waals surface area contributed by atoms with Gasteiger partial charge in [-0.1, -0.05) is 58.6 Å². The van der Waals surface area contributed by atoms with E-state index in [-0.39, 0.29) is 25.4 Å². The quantitative estimate of drug-likeness (QED) is 0.274. The molecule has 2 fully saturated rings. The molecule has 213 valence electrons. The molecule has 0 spiro atoms. The normalized spacial score (nSPS) is 20.5. The second-order valence-corrected chi connectivity index (χ2v) is 10.6. The van der Waals surface area contributed by atoms with E-state index in [0.29, 0.717) is 24.2 Å². The molecule has 4 N–H and O–H groups in total. The Labute approximate surface area is 231 Å². The SMILES string of the molecule is CCCCCN(CCCCC)C(=O)C(C(C)c1ccc(C(N)=O)cc1)N1CC(=O)N2C[CH]CC2(C(N)=O)C1=O. The van der Waals surface area contributed by atoms with Crippen LogP contribution in [0.3, 0.4) is 0 Å². The van der Waals surface area contributed by atoms with Crippen LogP contribution in [-0.4, -0.2) is 82.0 Å². The molecule has 0 aliphatic carbocycles. The van der Waals surface area contributed by atoms with Crippen LogP contribution in [0.4, 0.5) is 0 Å². The van der Waals surface area contributed by atoms with Crippen LogP contribution in [0.15, 0.2) is 24.3 Å². The molecule has 1 aromatic rings. The van der Waals surface area contributed by atoms with Gasteiger partial charge in [0, 0.05) is 31.1 Å². The molecular weight excluding hydrogens is 498 g/mol. The summed E-state index contributed by atoms with van der Waals surface area (Å²) in [5.41, 5.74) is 10.4. The molecule has 10 nitrogen and oxygen atoms in total. The molecule has 2 aliphatic heterocycles. The number of carbonyl (C=O) groups excluding carboxylic acids is 5. The Bertz CT molecular complexity index is 1060. The number of nitrogens with zero attached hydrogens (tertiary/aromatic N) is 3. The van der Waals surface area contributed by atoms with Crippen molar-refractivity contribution in [3.05, 3.63) is 41.8 Å². The van der Waals surface area contributed by atoms with Crippen molar-refractivity contribution in [2.75, 3.05) is 26.2 Å². The molecule has 2 saturated heterocycles. The van der Waals surface area contributed by atoms with Gasteiger partial charge in [-0.2, -0.15) is 0 Å². The van der Waals surface area contributed by atoms with Gasteiger partial charge < -0.3 is 26.2 Å². The van der Waals surface area contributed by atoms with Crippen LogP contribution in [0.1, 0.15) is 87.6 Å². The number of hydrogen-bond donors (Lipinski definition) is 2. The summed E-state index contributed by atoms with van der Waals surface area (Å²) in [4.78, 5) is 70.3. The van der Waals surface area contributed by atoms with E-state index in [1.807, 2.05) is 6.92 Å². The lowest BCUT2D eigenvalue weighted by Gasteiger charge is -2.47. The minimum Gasteiger partial charge on any atom is -0.367 e. The van der Waals surface area contributed by atoms with Gasteiger partial charge in [-0.15, -0.1) is 0 Å². The van der Waals surface area contributed by atoms with Gasteiger partial charge in [0.15, 0.2) is 0 Å². The predicted octanol–water partition coefficient (Wildman–Crippen LogP) is 1.97. The van der Waals surface area contributed by atoms with Gasteiger partial charge in [0.1, 0.15) is 12.6 Å². The second-order valence-electron chi connectivity index (χ2n) is 10.6. The van der Waals surface area contributed by atoms with Gasteiger partial charge in [-0.3, -0.25) is 24.0 Å². The Kier molecular flexibility index (Phi) is 10.1. The molecule has 3 atom stereocenters. The third kappa shape index (κ3) is 6.09. The van der Waals surface area contributed by atoms with Crippen molar-refractivity contribution in [3.8, 4) is 0 Å². The molecule has 10 heteroatoms. The van der Waals surface area contributed by atoms with E-state index >= 15 is 0 Å². The molecule has 5 amide bonds. The highest BCUT2D eigenvalue weighted by molar-refractivity contribution is 6.15. The van der Waals surface area contributed by atoms with Crippen LogP contribution < -0.4 is 11.5 Å². The fourth-order valence-electron chi connectivity index (χ4n) is 5.67. The highest BCUT2D eigenvalue weighted by Crippen LogP contribution is 2.37. The Morgan fingerprint density at radius 3 is 2.08 bits per heavy atom. The number of nitrogens with two attached hydrogens (primary N) is 2. The number of rotatable bonds is 14.